The van der Waals surface area contributed by atoms with Crippen molar-refractivity contribution >= 4 is 35.1 Å². The Morgan fingerprint density at radius 1 is 1.15 bits per heavy atom. The van der Waals surface area contributed by atoms with E-state index in [4.69, 9.17) is 34.0 Å². The van der Waals surface area contributed by atoms with E-state index in [-0.39, 0.29) is 21.2 Å². The molecule has 2 rings (SSSR count). The van der Waals surface area contributed by atoms with Gasteiger partial charge in [-0.25, -0.2) is 4.79 Å². The van der Waals surface area contributed by atoms with Crippen LogP contribution in [0.2, 0.25) is 10.0 Å². The molecule has 0 atom stereocenters. The number of carbonyl (C=O) groups is 2. The molecule has 5 nitrogen and oxygen atoms in total. The van der Waals surface area contributed by atoms with Crippen molar-refractivity contribution in [2.24, 2.45) is 5.73 Å². The van der Waals surface area contributed by atoms with Crippen molar-refractivity contribution in [2.45, 2.75) is 0 Å². The number of rotatable bonds is 3. The van der Waals surface area contributed by atoms with Crippen LogP contribution in [0, 0.1) is 0 Å². The van der Waals surface area contributed by atoms with Crippen LogP contribution in [0.25, 0.3) is 11.3 Å². The van der Waals surface area contributed by atoms with Crippen LogP contribution in [0.4, 0.5) is 0 Å². The highest BCUT2D eigenvalue weighted by atomic mass is 35.5. The fourth-order valence-corrected chi connectivity index (χ4v) is 2.18. The Morgan fingerprint density at radius 3 is 2.35 bits per heavy atom. The fraction of sp³-hybridized carbons (Fsp3) is 0. The summed E-state index contributed by atoms with van der Waals surface area (Å²) in [5, 5.41) is 9.19. The van der Waals surface area contributed by atoms with Crippen molar-refractivity contribution in [1.82, 2.24) is 4.98 Å². The number of carboxylic acid groups (broad SMARTS) is 1. The van der Waals surface area contributed by atoms with Gasteiger partial charge in [-0.05, 0) is 18.2 Å². The lowest BCUT2D eigenvalue weighted by atomic mass is 10.1. The predicted molar refractivity (Wildman–Crippen MR) is 75.2 cm³/mol. The highest BCUT2D eigenvalue weighted by Crippen LogP contribution is 2.29. The average Bonchev–Trinajstić information content (AvgIpc) is 2.37. The van der Waals surface area contributed by atoms with E-state index in [0.29, 0.717) is 11.3 Å². The van der Waals surface area contributed by atoms with Crippen molar-refractivity contribution in [3.8, 4) is 11.3 Å². The van der Waals surface area contributed by atoms with Crippen molar-refractivity contribution in [3.63, 3.8) is 0 Å². The highest BCUT2D eigenvalue weighted by Gasteiger charge is 2.13. The molecular weight excluding hydrogens is 303 g/mol. The van der Waals surface area contributed by atoms with Gasteiger partial charge in [-0.2, -0.15) is 0 Å². The van der Waals surface area contributed by atoms with Gasteiger partial charge in [0.05, 0.1) is 26.9 Å². The molecule has 0 saturated heterocycles. The first-order valence-corrected chi connectivity index (χ1v) is 6.14. The van der Waals surface area contributed by atoms with Gasteiger partial charge in [0, 0.05) is 11.8 Å². The summed E-state index contributed by atoms with van der Waals surface area (Å²) in [7, 11) is 0. The molecule has 7 heteroatoms. The number of amides is 1. The zero-order valence-corrected chi connectivity index (χ0v) is 11.4. The summed E-state index contributed by atoms with van der Waals surface area (Å²) in [6.45, 7) is 0. The van der Waals surface area contributed by atoms with E-state index in [9.17, 15) is 9.59 Å². The maximum absolute atomic E-state index is 11.1. The molecule has 0 bridgehead atoms. The number of halogens is 2. The second-order valence-corrected chi connectivity index (χ2v) is 4.73. The van der Waals surface area contributed by atoms with Crippen molar-refractivity contribution < 1.29 is 14.7 Å². The Hall–Kier alpha value is -2.11. The summed E-state index contributed by atoms with van der Waals surface area (Å²) < 4.78 is 0. The van der Waals surface area contributed by atoms with Crippen molar-refractivity contribution in [1.29, 1.82) is 0 Å². The van der Waals surface area contributed by atoms with Gasteiger partial charge in [0.2, 0.25) is 5.91 Å². The third-order valence-corrected chi connectivity index (χ3v) is 3.20. The number of hydrogen-bond donors (Lipinski definition) is 2. The molecule has 0 fully saturated rings. The van der Waals surface area contributed by atoms with Gasteiger partial charge < -0.3 is 10.8 Å². The smallest absolute Gasteiger partial charge is 0.337 e. The largest absolute Gasteiger partial charge is 0.478 e. The van der Waals surface area contributed by atoms with Crippen LogP contribution in [0.1, 0.15) is 20.7 Å². The molecule has 0 aliphatic rings. The lowest BCUT2D eigenvalue weighted by Gasteiger charge is -2.07. The van der Waals surface area contributed by atoms with Gasteiger partial charge in [-0.15, -0.1) is 0 Å². The highest BCUT2D eigenvalue weighted by molar-refractivity contribution is 6.35. The minimum Gasteiger partial charge on any atom is -0.478 e. The number of pyridine rings is 1. The second-order valence-electron chi connectivity index (χ2n) is 3.92. The number of primary amides is 1. The van der Waals surface area contributed by atoms with Gasteiger partial charge in [-0.3, -0.25) is 9.78 Å². The van der Waals surface area contributed by atoms with Crippen LogP contribution >= 0.6 is 23.2 Å². The summed E-state index contributed by atoms with van der Waals surface area (Å²) >= 11 is 11.9. The molecule has 1 aromatic heterocycles. The maximum Gasteiger partial charge on any atom is 0.337 e. The second kappa shape index (κ2) is 5.48. The van der Waals surface area contributed by atoms with Crippen LogP contribution < -0.4 is 5.73 Å². The maximum atomic E-state index is 11.1. The number of carboxylic acids is 1. The molecule has 0 spiro atoms. The molecule has 0 saturated carbocycles. The van der Waals surface area contributed by atoms with Gasteiger partial charge >= 0.3 is 5.97 Å². The molecule has 0 aliphatic carbocycles. The predicted octanol–water partition coefficient (Wildman–Crippen LogP) is 2.85. The zero-order valence-electron chi connectivity index (χ0n) is 9.93. The molecule has 2 aromatic rings. The first kappa shape index (κ1) is 14.3. The third kappa shape index (κ3) is 2.74. The number of aromatic carboxylic acids is 1. The van der Waals surface area contributed by atoms with Crippen molar-refractivity contribution in [3.05, 3.63) is 51.6 Å². The van der Waals surface area contributed by atoms with Crippen LogP contribution in [0.3, 0.4) is 0 Å². The van der Waals surface area contributed by atoms with Crippen LogP contribution in [-0.2, 0) is 0 Å². The lowest BCUT2D eigenvalue weighted by Crippen LogP contribution is -2.11. The van der Waals surface area contributed by atoms with Crippen LogP contribution in [0.15, 0.2) is 30.5 Å². The van der Waals surface area contributed by atoms with Crippen LogP contribution in [-0.4, -0.2) is 22.0 Å². The molecule has 3 N–H and O–H groups in total. The summed E-state index contributed by atoms with van der Waals surface area (Å²) in [6.07, 6.45) is 1.19. The normalized spacial score (nSPS) is 10.3. The molecule has 102 valence electrons. The average molecular weight is 311 g/mol. The quantitative estimate of drug-likeness (QED) is 0.911. The van der Waals surface area contributed by atoms with Gasteiger partial charge in [0.25, 0.3) is 0 Å². The van der Waals surface area contributed by atoms with Crippen LogP contribution in [0.5, 0.6) is 0 Å². The van der Waals surface area contributed by atoms with E-state index in [1.807, 2.05) is 0 Å². The molecular formula is C13H8Cl2N2O3. The van der Waals surface area contributed by atoms with Gasteiger partial charge in [-0.1, -0.05) is 29.3 Å². The Bertz CT molecular complexity index is 717. The third-order valence-electron chi connectivity index (χ3n) is 2.60. The van der Waals surface area contributed by atoms with Gasteiger partial charge in [0.1, 0.15) is 0 Å². The Morgan fingerprint density at radius 2 is 1.85 bits per heavy atom. The summed E-state index contributed by atoms with van der Waals surface area (Å²) in [6, 6.07) is 5.84. The Kier molecular flexibility index (Phi) is 3.92. The van der Waals surface area contributed by atoms with E-state index in [0.717, 1.165) is 0 Å². The van der Waals surface area contributed by atoms with E-state index < -0.39 is 11.9 Å². The number of carbonyl (C=O) groups excluding carboxylic acids is 1. The molecule has 1 heterocycles. The standard InChI is InChI=1S/C13H8Cl2N2O3/c14-9-3-6(1-2-8(9)12(16)18)11-10(15)4-7(5-17-11)13(19)20/h1-5H,(H2,16,18)(H,19,20). The summed E-state index contributed by atoms with van der Waals surface area (Å²) in [4.78, 5) is 25.9. The van der Waals surface area contributed by atoms with Crippen molar-refractivity contribution in [2.75, 3.05) is 0 Å². The molecule has 1 aromatic carbocycles. The van der Waals surface area contributed by atoms with E-state index in [1.165, 1.54) is 24.4 Å². The van der Waals surface area contributed by atoms with E-state index in [2.05, 4.69) is 4.98 Å². The molecule has 0 aliphatic heterocycles. The van der Waals surface area contributed by atoms with E-state index >= 15 is 0 Å². The van der Waals surface area contributed by atoms with E-state index in [1.54, 1.807) is 6.07 Å². The SMILES string of the molecule is NC(=O)c1ccc(-c2ncc(C(=O)O)cc2Cl)cc1Cl. The first-order valence-electron chi connectivity index (χ1n) is 5.38. The first-order chi connectivity index (χ1) is 9.40. The summed E-state index contributed by atoms with van der Waals surface area (Å²) in [5.74, 6) is -1.75. The fourth-order valence-electron chi connectivity index (χ4n) is 1.63. The molecule has 0 radical (unpaired) electrons. The minimum absolute atomic E-state index is 0.0152. The molecule has 20 heavy (non-hydrogen) atoms. The monoisotopic (exact) mass is 310 g/mol. The topological polar surface area (TPSA) is 93.3 Å². The summed E-state index contributed by atoms with van der Waals surface area (Å²) in [5.41, 5.74) is 6.26. The number of aromatic nitrogens is 1. The Balaban J connectivity index is 2.49. The number of nitrogens with zero attached hydrogens (tertiary/aromatic N) is 1. The molecule has 0 unspecified atom stereocenters. The Labute approximate surface area is 124 Å². The zero-order chi connectivity index (χ0) is 14.9. The molecule has 1 amide bonds. The number of benzene rings is 1. The number of hydrogen-bond acceptors (Lipinski definition) is 3. The number of nitrogens with two attached hydrogens (primary N) is 1. The minimum atomic E-state index is -1.12. The van der Waals surface area contributed by atoms with Gasteiger partial charge in [0.15, 0.2) is 0 Å². The lowest BCUT2D eigenvalue weighted by molar-refractivity contribution is 0.0696.